The van der Waals surface area contributed by atoms with Gasteiger partial charge in [0.1, 0.15) is 6.10 Å². The van der Waals surface area contributed by atoms with Gasteiger partial charge in [-0.05, 0) is 24.3 Å². The molecule has 124 valence electrons. The maximum absolute atomic E-state index is 11.9. The molecule has 0 spiro atoms. The molecule has 1 fully saturated rings. The predicted octanol–water partition coefficient (Wildman–Crippen LogP) is 0.103. The fourth-order valence-electron chi connectivity index (χ4n) is 2.27. The number of cyclic esters (lactones) is 1. The maximum atomic E-state index is 11.9. The van der Waals surface area contributed by atoms with E-state index in [9.17, 15) is 14.4 Å². The number of carbonyl (C=O) groups excluding carboxylic acids is 3. The van der Waals surface area contributed by atoms with Crippen LogP contribution in [-0.2, 0) is 14.3 Å². The molecule has 3 amide bonds. The van der Waals surface area contributed by atoms with Crippen molar-refractivity contribution in [1.82, 2.24) is 5.32 Å². The lowest BCUT2D eigenvalue weighted by atomic mass is 10.2. The predicted molar refractivity (Wildman–Crippen MR) is 83.2 cm³/mol. The highest BCUT2D eigenvalue weighted by Crippen LogP contribution is 2.24. The molecule has 1 heterocycles. The van der Waals surface area contributed by atoms with Crippen molar-refractivity contribution in [2.24, 2.45) is 0 Å². The summed E-state index contributed by atoms with van der Waals surface area (Å²) in [5, 5.41) is 11.5. The molecule has 1 unspecified atom stereocenters. The molecular formula is C15H19N3O5. The second kappa shape index (κ2) is 7.59. The number of aliphatic hydroxyl groups is 1. The Labute approximate surface area is 133 Å². The van der Waals surface area contributed by atoms with Crippen molar-refractivity contribution in [3.05, 3.63) is 24.3 Å². The minimum Gasteiger partial charge on any atom is -0.442 e. The lowest BCUT2D eigenvalue weighted by molar-refractivity contribution is -0.119. The van der Waals surface area contributed by atoms with Crippen molar-refractivity contribution < 1.29 is 24.2 Å². The Morgan fingerprint density at radius 3 is 2.74 bits per heavy atom. The zero-order chi connectivity index (χ0) is 16.8. The average molecular weight is 321 g/mol. The summed E-state index contributed by atoms with van der Waals surface area (Å²) in [5.74, 6) is -0.179. The lowest BCUT2D eigenvalue weighted by Gasteiger charge is -2.18. The Morgan fingerprint density at radius 2 is 2.17 bits per heavy atom. The van der Waals surface area contributed by atoms with Gasteiger partial charge in [-0.25, -0.2) is 4.79 Å². The van der Waals surface area contributed by atoms with Crippen LogP contribution in [0, 0.1) is 0 Å². The molecule has 1 aliphatic rings. The molecule has 0 radical (unpaired) electrons. The molecule has 0 saturated carbocycles. The molecule has 2 N–H and O–H groups in total. The van der Waals surface area contributed by atoms with Gasteiger partial charge in [-0.15, -0.1) is 0 Å². The quantitative estimate of drug-likeness (QED) is 0.694. The molecular weight excluding hydrogens is 302 g/mol. The van der Waals surface area contributed by atoms with Crippen molar-refractivity contribution in [3.8, 4) is 0 Å². The van der Waals surface area contributed by atoms with Gasteiger partial charge < -0.3 is 20.1 Å². The van der Waals surface area contributed by atoms with Crippen molar-refractivity contribution in [1.29, 1.82) is 0 Å². The second-order valence-electron chi connectivity index (χ2n) is 5.09. The standard InChI is InChI=1S/C15H19N3O5/c1-11(21)16-8-14-9-18(15(22)23-14)13-4-2-12(3-5-13)17(10-20)6-7-19/h2-5,10,14,19H,6-9H2,1H3,(H,16,21). The van der Waals surface area contributed by atoms with Crippen LogP contribution in [-0.4, -0.2) is 55.9 Å². The molecule has 0 aliphatic carbocycles. The number of amides is 3. The van der Waals surface area contributed by atoms with Crippen molar-refractivity contribution in [2.75, 3.05) is 36.0 Å². The zero-order valence-electron chi connectivity index (χ0n) is 12.8. The number of hydrogen-bond donors (Lipinski definition) is 2. The van der Waals surface area contributed by atoms with E-state index in [1.54, 1.807) is 24.3 Å². The van der Waals surface area contributed by atoms with E-state index < -0.39 is 12.2 Å². The molecule has 23 heavy (non-hydrogen) atoms. The summed E-state index contributed by atoms with van der Waals surface area (Å²) < 4.78 is 5.19. The van der Waals surface area contributed by atoms with E-state index in [-0.39, 0.29) is 25.6 Å². The van der Waals surface area contributed by atoms with Crippen LogP contribution in [0.4, 0.5) is 16.2 Å². The molecule has 0 aromatic heterocycles. The Morgan fingerprint density at radius 1 is 1.48 bits per heavy atom. The fraction of sp³-hybridized carbons (Fsp3) is 0.400. The third-order valence-electron chi connectivity index (χ3n) is 3.41. The second-order valence-corrected chi connectivity index (χ2v) is 5.09. The van der Waals surface area contributed by atoms with Crippen LogP contribution in [0.15, 0.2) is 24.3 Å². The Hall–Kier alpha value is -2.61. The third-order valence-corrected chi connectivity index (χ3v) is 3.41. The van der Waals surface area contributed by atoms with Crippen LogP contribution in [0.3, 0.4) is 0 Å². The molecule has 1 atom stereocenters. The van der Waals surface area contributed by atoms with Gasteiger partial charge in [-0.2, -0.15) is 0 Å². The summed E-state index contributed by atoms with van der Waals surface area (Å²) in [6.07, 6.45) is -0.235. The summed E-state index contributed by atoms with van der Waals surface area (Å²) in [6.45, 7) is 2.08. The first-order valence-electron chi connectivity index (χ1n) is 7.20. The number of benzene rings is 1. The van der Waals surface area contributed by atoms with E-state index in [0.29, 0.717) is 24.3 Å². The summed E-state index contributed by atoms with van der Waals surface area (Å²) in [7, 11) is 0. The first-order chi connectivity index (χ1) is 11.0. The number of hydrogen-bond acceptors (Lipinski definition) is 5. The van der Waals surface area contributed by atoms with Crippen LogP contribution < -0.4 is 15.1 Å². The van der Waals surface area contributed by atoms with Gasteiger partial charge in [-0.3, -0.25) is 14.5 Å². The highest BCUT2D eigenvalue weighted by atomic mass is 16.6. The van der Waals surface area contributed by atoms with Gasteiger partial charge in [0.05, 0.1) is 19.7 Å². The fourth-order valence-corrected chi connectivity index (χ4v) is 2.27. The molecule has 1 saturated heterocycles. The molecule has 1 aromatic carbocycles. The SMILES string of the molecule is CC(=O)NCC1CN(c2ccc(N(C=O)CCO)cc2)C(=O)O1. The number of rotatable bonds is 7. The topological polar surface area (TPSA) is 99.2 Å². The van der Waals surface area contributed by atoms with E-state index >= 15 is 0 Å². The van der Waals surface area contributed by atoms with Crippen LogP contribution in [0.5, 0.6) is 0 Å². The number of nitrogens with one attached hydrogen (secondary N) is 1. The number of nitrogens with zero attached hydrogens (tertiary/aromatic N) is 2. The van der Waals surface area contributed by atoms with Crippen LogP contribution in [0.1, 0.15) is 6.92 Å². The molecule has 8 heteroatoms. The van der Waals surface area contributed by atoms with Crippen LogP contribution >= 0.6 is 0 Å². The summed E-state index contributed by atoms with van der Waals surface area (Å²) in [4.78, 5) is 36.6. The van der Waals surface area contributed by atoms with Gasteiger partial charge in [0.15, 0.2) is 0 Å². The average Bonchev–Trinajstić information content (AvgIpc) is 2.92. The van der Waals surface area contributed by atoms with Gasteiger partial charge >= 0.3 is 6.09 Å². The minimum atomic E-state index is -0.476. The normalized spacial score (nSPS) is 16.9. The van der Waals surface area contributed by atoms with Gasteiger partial charge in [-0.1, -0.05) is 0 Å². The Balaban J connectivity index is 2.03. The van der Waals surface area contributed by atoms with E-state index in [0.717, 1.165) is 0 Å². The molecule has 1 aliphatic heterocycles. The van der Waals surface area contributed by atoms with Crippen molar-refractivity contribution in [3.63, 3.8) is 0 Å². The molecule has 1 aromatic rings. The lowest BCUT2D eigenvalue weighted by Crippen LogP contribution is -2.33. The highest BCUT2D eigenvalue weighted by Gasteiger charge is 2.32. The number of ether oxygens (including phenoxy) is 1. The molecule has 8 nitrogen and oxygen atoms in total. The van der Waals surface area contributed by atoms with E-state index in [1.807, 2.05) is 0 Å². The van der Waals surface area contributed by atoms with Crippen LogP contribution in [0.2, 0.25) is 0 Å². The number of carbonyl (C=O) groups is 3. The van der Waals surface area contributed by atoms with E-state index in [1.165, 1.54) is 16.7 Å². The van der Waals surface area contributed by atoms with Gasteiger partial charge in [0, 0.05) is 24.8 Å². The summed E-state index contributed by atoms with van der Waals surface area (Å²) in [6, 6.07) is 6.78. The van der Waals surface area contributed by atoms with Gasteiger partial charge in [0.2, 0.25) is 12.3 Å². The smallest absolute Gasteiger partial charge is 0.414 e. The first kappa shape index (κ1) is 16.8. The monoisotopic (exact) mass is 321 g/mol. The zero-order valence-corrected chi connectivity index (χ0v) is 12.8. The highest BCUT2D eigenvalue weighted by molar-refractivity contribution is 5.90. The van der Waals surface area contributed by atoms with E-state index in [4.69, 9.17) is 9.84 Å². The number of anilines is 2. The summed E-state index contributed by atoms with van der Waals surface area (Å²) in [5.41, 5.74) is 1.26. The first-order valence-corrected chi connectivity index (χ1v) is 7.20. The number of aliphatic hydroxyl groups excluding tert-OH is 1. The molecule has 2 rings (SSSR count). The minimum absolute atomic E-state index is 0.135. The van der Waals surface area contributed by atoms with Crippen molar-refractivity contribution in [2.45, 2.75) is 13.0 Å². The van der Waals surface area contributed by atoms with Crippen LogP contribution in [0.25, 0.3) is 0 Å². The third kappa shape index (κ3) is 4.19. The Kier molecular flexibility index (Phi) is 5.53. The summed E-state index contributed by atoms with van der Waals surface area (Å²) >= 11 is 0. The Bertz CT molecular complexity index is 575. The maximum Gasteiger partial charge on any atom is 0.414 e. The van der Waals surface area contributed by atoms with Crippen molar-refractivity contribution >= 4 is 29.8 Å². The molecule has 0 bridgehead atoms. The van der Waals surface area contributed by atoms with E-state index in [2.05, 4.69) is 5.32 Å². The van der Waals surface area contributed by atoms with Gasteiger partial charge in [0.25, 0.3) is 0 Å². The largest absolute Gasteiger partial charge is 0.442 e.